The van der Waals surface area contributed by atoms with E-state index in [0.717, 1.165) is 18.4 Å². The molecule has 0 aliphatic heterocycles. The average Bonchev–Trinajstić information content (AvgIpc) is 2.60. The van der Waals surface area contributed by atoms with Crippen molar-refractivity contribution in [3.8, 4) is 11.5 Å². The minimum atomic E-state index is -0.349. The van der Waals surface area contributed by atoms with Gasteiger partial charge in [-0.1, -0.05) is 24.3 Å². The summed E-state index contributed by atoms with van der Waals surface area (Å²) in [7, 11) is 3.20. The topological polar surface area (TPSA) is 47.6 Å². The van der Waals surface area contributed by atoms with E-state index in [1.54, 1.807) is 32.4 Å². The summed E-state index contributed by atoms with van der Waals surface area (Å²) in [5, 5.41) is 2.82. The summed E-state index contributed by atoms with van der Waals surface area (Å²) in [4.78, 5) is 11.8. The Morgan fingerprint density at radius 2 is 1.83 bits per heavy atom. The van der Waals surface area contributed by atoms with Crippen LogP contribution in [0.3, 0.4) is 0 Å². The molecule has 0 aliphatic carbocycles. The third kappa shape index (κ3) is 4.98. The van der Waals surface area contributed by atoms with Crippen LogP contribution in [0.4, 0.5) is 4.39 Å². The molecule has 0 fully saturated rings. The molecule has 5 heteroatoms. The number of nitrogens with one attached hydrogen (secondary N) is 1. The number of hydrogen-bond donors (Lipinski definition) is 1. The highest BCUT2D eigenvalue weighted by Crippen LogP contribution is 2.27. The molecule has 0 radical (unpaired) electrons. The molecular formula is C19H22FNO3. The third-order valence-electron chi connectivity index (χ3n) is 3.72. The highest BCUT2D eigenvalue weighted by molar-refractivity contribution is 5.78. The molecule has 0 unspecified atom stereocenters. The Bertz CT molecular complexity index is 688. The zero-order valence-electron chi connectivity index (χ0n) is 14.0. The van der Waals surface area contributed by atoms with Crippen LogP contribution in [-0.4, -0.2) is 26.7 Å². The van der Waals surface area contributed by atoms with Gasteiger partial charge in [-0.15, -0.1) is 0 Å². The zero-order chi connectivity index (χ0) is 17.4. The number of benzene rings is 2. The van der Waals surface area contributed by atoms with E-state index in [2.05, 4.69) is 5.32 Å². The Morgan fingerprint density at radius 3 is 2.54 bits per heavy atom. The fourth-order valence-corrected chi connectivity index (χ4v) is 2.43. The molecule has 24 heavy (non-hydrogen) atoms. The van der Waals surface area contributed by atoms with E-state index < -0.39 is 0 Å². The molecule has 0 saturated heterocycles. The van der Waals surface area contributed by atoms with Crippen molar-refractivity contribution in [3.63, 3.8) is 0 Å². The molecule has 0 aromatic heterocycles. The third-order valence-corrected chi connectivity index (χ3v) is 3.72. The van der Waals surface area contributed by atoms with Crippen LogP contribution < -0.4 is 14.8 Å². The molecule has 2 aromatic rings. The maximum Gasteiger partial charge on any atom is 0.224 e. The maximum absolute atomic E-state index is 13.5. The second-order valence-electron chi connectivity index (χ2n) is 5.41. The van der Waals surface area contributed by atoms with Crippen molar-refractivity contribution < 1.29 is 18.7 Å². The van der Waals surface area contributed by atoms with Crippen molar-refractivity contribution in [3.05, 3.63) is 59.4 Å². The lowest BCUT2D eigenvalue weighted by Gasteiger charge is -2.10. The number of amides is 1. The van der Waals surface area contributed by atoms with Gasteiger partial charge in [-0.3, -0.25) is 4.79 Å². The predicted octanol–water partition coefficient (Wildman–Crippen LogP) is 3.13. The molecule has 0 atom stereocenters. The smallest absolute Gasteiger partial charge is 0.224 e. The predicted molar refractivity (Wildman–Crippen MR) is 91.0 cm³/mol. The van der Waals surface area contributed by atoms with E-state index in [9.17, 15) is 9.18 Å². The van der Waals surface area contributed by atoms with Crippen LogP contribution in [0.2, 0.25) is 0 Å². The van der Waals surface area contributed by atoms with Crippen LogP contribution in [0.25, 0.3) is 0 Å². The lowest BCUT2D eigenvalue weighted by Crippen LogP contribution is -2.26. The Kier molecular flexibility index (Phi) is 6.61. The first-order valence-electron chi connectivity index (χ1n) is 7.85. The Morgan fingerprint density at radius 1 is 1.08 bits per heavy atom. The summed E-state index contributed by atoms with van der Waals surface area (Å²) >= 11 is 0. The van der Waals surface area contributed by atoms with Crippen LogP contribution in [-0.2, 0) is 17.6 Å². The van der Waals surface area contributed by atoms with Crippen LogP contribution in [0.5, 0.6) is 11.5 Å². The molecule has 0 saturated carbocycles. The van der Waals surface area contributed by atoms with E-state index in [1.807, 2.05) is 18.2 Å². The van der Waals surface area contributed by atoms with Crippen molar-refractivity contribution in [1.29, 1.82) is 0 Å². The number of carbonyl (C=O) groups is 1. The lowest BCUT2D eigenvalue weighted by atomic mass is 10.1. The summed E-state index contributed by atoms with van der Waals surface area (Å²) < 4.78 is 24.0. The van der Waals surface area contributed by atoms with E-state index >= 15 is 0 Å². The van der Waals surface area contributed by atoms with Gasteiger partial charge in [0.2, 0.25) is 5.91 Å². The van der Waals surface area contributed by atoms with Crippen molar-refractivity contribution in [1.82, 2.24) is 5.32 Å². The van der Waals surface area contributed by atoms with E-state index in [1.165, 1.54) is 6.07 Å². The van der Waals surface area contributed by atoms with Crippen molar-refractivity contribution in [2.24, 2.45) is 0 Å². The summed E-state index contributed by atoms with van der Waals surface area (Å²) in [6.07, 6.45) is 1.65. The molecule has 4 nitrogen and oxygen atoms in total. The molecule has 0 heterocycles. The van der Waals surface area contributed by atoms with Crippen molar-refractivity contribution in [2.45, 2.75) is 19.3 Å². The van der Waals surface area contributed by atoms with Gasteiger partial charge in [0.15, 0.2) is 11.5 Å². The first-order valence-corrected chi connectivity index (χ1v) is 7.85. The summed E-state index contributed by atoms with van der Waals surface area (Å²) in [6.45, 7) is 0.543. The number of halogens is 1. The normalized spacial score (nSPS) is 10.3. The van der Waals surface area contributed by atoms with Gasteiger partial charge in [-0.25, -0.2) is 4.39 Å². The lowest BCUT2D eigenvalue weighted by molar-refractivity contribution is -0.120. The van der Waals surface area contributed by atoms with Crippen LogP contribution in [0.1, 0.15) is 17.5 Å². The first-order chi connectivity index (χ1) is 11.6. The largest absolute Gasteiger partial charge is 0.493 e. The van der Waals surface area contributed by atoms with Crippen LogP contribution >= 0.6 is 0 Å². The molecule has 0 bridgehead atoms. The van der Waals surface area contributed by atoms with E-state index in [4.69, 9.17) is 9.47 Å². The van der Waals surface area contributed by atoms with Gasteiger partial charge >= 0.3 is 0 Å². The molecule has 0 spiro atoms. The molecule has 2 rings (SSSR count). The van der Waals surface area contributed by atoms with Crippen molar-refractivity contribution >= 4 is 5.91 Å². The fourth-order valence-electron chi connectivity index (χ4n) is 2.43. The average molecular weight is 331 g/mol. The molecular weight excluding hydrogens is 309 g/mol. The number of carbonyl (C=O) groups excluding carboxylic acids is 1. The van der Waals surface area contributed by atoms with Gasteiger partial charge in [0.1, 0.15) is 5.82 Å². The number of hydrogen-bond acceptors (Lipinski definition) is 3. The number of rotatable bonds is 8. The quantitative estimate of drug-likeness (QED) is 0.756. The van der Waals surface area contributed by atoms with Gasteiger partial charge in [-0.2, -0.15) is 0 Å². The second kappa shape index (κ2) is 8.91. The molecule has 1 amide bonds. The van der Waals surface area contributed by atoms with Gasteiger partial charge in [0, 0.05) is 6.54 Å². The SMILES string of the molecule is COc1ccc(CCCNC(=O)Cc2ccccc2F)cc1OC. The maximum atomic E-state index is 13.5. The first kappa shape index (κ1) is 17.8. The summed E-state index contributed by atoms with van der Waals surface area (Å²) in [6, 6.07) is 12.1. The van der Waals surface area contributed by atoms with E-state index in [-0.39, 0.29) is 18.1 Å². The minimum absolute atomic E-state index is 0.0586. The monoisotopic (exact) mass is 331 g/mol. The van der Waals surface area contributed by atoms with Gasteiger partial charge in [-0.05, 0) is 42.2 Å². The molecule has 0 aliphatic rings. The highest BCUT2D eigenvalue weighted by Gasteiger charge is 2.07. The highest BCUT2D eigenvalue weighted by atomic mass is 19.1. The van der Waals surface area contributed by atoms with Crippen LogP contribution in [0.15, 0.2) is 42.5 Å². The fraction of sp³-hybridized carbons (Fsp3) is 0.316. The zero-order valence-corrected chi connectivity index (χ0v) is 14.0. The Hall–Kier alpha value is -2.56. The molecule has 128 valence electrons. The standard InChI is InChI=1S/C19H22FNO3/c1-23-17-10-9-14(12-18(17)24-2)6-5-11-21-19(22)13-15-7-3-4-8-16(15)20/h3-4,7-10,12H,5-6,11,13H2,1-2H3,(H,21,22). The van der Waals surface area contributed by atoms with Gasteiger partial charge in [0.05, 0.1) is 20.6 Å². The van der Waals surface area contributed by atoms with Crippen LogP contribution in [0, 0.1) is 5.82 Å². The van der Waals surface area contributed by atoms with Gasteiger partial charge < -0.3 is 14.8 Å². The van der Waals surface area contributed by atoms with Gasteiger partial charge in [0.25, 0.3) is 0 Å². The Balaban J connectivity index is 1.76. The molecule has 2 aromatic carbocycles. The second-order valence-corrected chi connectivity index (χ2v) is 5.41. The van der Waals surface area contributed by atoms with E-state index in [0.29, 0.717) is 23.6 Å². The molecule has 1 N–H and O–H groups in total. The number of methoxy groups -OCH3 is 2. The minimum Gasteiger partial charge on any atom is -0.493 e. The number of aryl methyl sites for hydroxylation is 1. The Labute approximate surface area is 141 Å². The number of ether oxygens (including phenoxy) is 2. The summed E-state index contributed by atoms with van der Waals surface area (Å²) in [5.74, 6) is 0.864. The van der Waals surface area contributed by atoms with Crippen molar-refractivity contribution in [2.75, 3.05) is 20.8 Å². The summed E-state index contributed by atoms with van der Waals surface area (Å²) in [5.41, 5.74) is 1.52.